The molecule has 2 saturated heterocycles. The van der Waals surface area contributed by atoms with E-state index in [0.717, 1.165) is 18.9 Å². The highest BCUT2D eigenvalue weighted by Crippen LogP contribution is 2.49. The quantitative estimate of drug-likeness (QED) is 0.859. The number of piperidine rings is 1. The zero-order valence-electron chi connectivity index (χ0n) is 14.1. The molecule has 22 heavy (non-hydrogen) atoms. The van der Waals surface area contributed by atoms with E-state index in [4.69, 9.17) is 0 Å². The predicted molar refractivity (Wildman–Crippen MR) is 87.6 cm³/mol. The van der Waals surface area contributed by atoms with E-state index < -0.39 is 0 Å². The molecule has 4 rings (SSSR count). The van der Waals surface area contributed by atoms with Crippen LogP contribution in [-0.2, 0) is 4.79 Å². The average molecular weight is 305 g/mol. The van der Waals surface area contributed by atoms with Crippen LogP contribution in [0.2, 0.25) is 0 Å². The molecule has 0 spiro atoms. The van der Waals surface area contributed by atoms with Crippen LogP contribution in [0.1, 0.15) is 45.4 Å². The van der Waals surface area contributed by atoms with Gasteiger partial charge in [0.1, 0.15) is 0 Å². The molecule has 0 aromatic carbocycles. The van der Waals surface area contributed by atoms with Gasteiger partial charge in [-0.25, -0.2) is 0 Å². The first-order chi connectivity index (χ1) is 10.6. The van der Waals surface area contributed by atoms with Crippen molar-refractivity contribution < 1.29 is 4.79 Å². The molecular formula is C18H31N3O. The Morgan fingerprint density at radius 1 is 1.18 bits per heavy atom. The number of fused-ring (bicyclic) bond motifs is 1. The SMILES string of the molecule is C[C@H]1C[C@@H]2[C@@H](CC(=O)N2C2CC2)[C@@H]1CNC1CCN(C)CC1. The molecule has 4 aliphatic rings. The van der Waals surface area contributed by atoms with Crippen LogP contribution in [-0.4, -0.2) is 60.5 Å². The number of hydrogen-bond donors (Lipinski definition) is 1. The topological polar surface area (TPSA) is 35.6 Å². The van der Waals surface area contributed by atoms with Crippen molar-refractivity contribution in [2.45, 2.75) is 63.6 Å². The van der Waals surface area contributed by atoms with Gasteiger partial charge in [-0.1, -0.05) is 6.92 Å². The lowest BCUT2D eigenvalue weighted by atomic mass is 9.88. The van der Waals surface area contributed by atoms with Gasteiger partial charge in [0.2, 0.25) is 5.91 Å². The molecule has 1 N–H and O–H groups in total. The van der Waals surface area contributed by atoms with E-state index in [1.807, 2.05) is 0 Å². The summed E-state index contributed by atoms with van der Waals surface area (Å²) in [6.07, 6.45) is 7.12. The maximum atomic E-state index is 12.4. The maximum absolute atomic E-state index is 12.4. The molecule has 4 nitrogen and oxygen atoms in total. The zero-order chi connectivity index (χ0) is 15.3. The van der Waals surface area contributed by atoms with Crippen LogP contribution in [0.4, 0.5) is 0 Å². The predicted octanol–water partition coefficient (Wildman–Crippen LogP) is 1.71. The van der Waals surface area contributed by atoms with Crippen LogP contribution in [0.5, 0.6) is 0 Å². The lowest BCUT2D eigenvalue weighted by molar-refractivity contribution is -0.129. The van der Waals surface area contributed by atoms with Gasteiger partial charge in [0.05, 0.1) is 0 Å². The number of carbonyl (C=O) groups excluding carboxylic acids is 1. The van der Waals surface area contributed by atoms with Crippen LogP contribution in [0.15, 0.2) is 0 Å². The van der Waals surface area contributed by atoms with Gasteiger partial charge < -0.3 is 15.1 Å². The molecule has 4 heteroatoms. The van der Waals surface area contributed by atoms with Gasteiger partial charge in [0.25, 0.3) is 0 Å². The lowest BCUT2D eigenvalue weighted by Gasteiger charge is -2.31. The summed E-state index contributed by atoms with van der Waals surface area (Å²) in [6, 6.07) is 1.87. The molecular weight excluding hydrogens is 274 g/mol. The standard InChI is InChI=1S/C18H31N3O/c1-12-9-17-15(10-18(22)21(17)14-3-4-14)16(12)11-19-13-5-7-20(2)8-6-13/h12-17,19H,3-11H2,1-2H3/t12-,15-,16+,17+/m0/s1. The molecule has 0 unspecified atom stereocenters. The minimum Gasteiger partial charge on any atom is -0.336 e. The Kier molecular flexibility index (Phi) is 3.93. The summed E-state index contributed by atoms with van der Waals surface area (Å²) in [5.41, 5.74) is 0. The first-order valence-corrected chi connectivity index (χ1v) is 9.36. The van der Waals surface area contributed by atoms with E-state index in [1.165, 1.54) is 45.2 Å². The number of nitrogens with one attached hydrogen (secondary N) is 1. The third-order valence-electron chi connectivity index (χ3n) is 6.75. The summed E-state index contributed by atoms with van der Waals surface area (Å²) in [4.78, 5) is 17.1. The maximum Gasteiger partial charge on any atom is 0.223 e. The Morgan fingerprint density at radius 2 is 1.91 bits per heavy atom. The van der Waals surface area contributed by atoms with E-state index in [9.17, 15) is 4.79 Å². The highest BCUT2D eigenvalue weighted by molar-refractivity contribution is 5.80. The Bertz CT molecular complexity index is 428. The van der Waals surface area contributed by atoms with Gasteiger partial charge in [-0.3, -0.25) is 4.79 Å². The second kappa shape index (κ2) is 5.79. The van der Waals surface area contributed by atoms with E-state index >= 15 is 0 Å². The summed E-state index contributed by atoms with van der Waals surface area (Å²) in [7, 11) is 2.22. The molecule has 2 saturated carbocycles. The smallest absolute Gasteiger partial charge is 0.223 e. The fraction of sp³-hybridized carbons (Fsp3) is 0.944. The van der Waals surface area contributed by atoms with Crippen molar-refractivity contribution in [2.24, 2.45) is 17.8 Å². The average Bonchev–Trinajstić information content (AvgIpc) is 3.21. The highest BCUT2D eigenvalue weighted by atomic mass is 16.2. The molecule has 0 aromatic heterocycles. The van der Waals surface area contributed by atoms with Gasteiger partial charge >= 0.3 is 0 Å². The van der Waals surface area contributed by atoms with Crippen molar-refractivity contribution in [1.82, 2.24) is 15.1 Å². The molecule has 0 radical (unpaired) electrons. The molecule has 0 bridgehead atoms. The highest BCUT2D eigenvalue weighted by Gasteiger charge is 2.53. The van der Waals surface area contributed by atoms with Crippen molar-refractivity contribution in [3.05, 3.63) is 0 Å². The number of nitrogens with zero attached hydrogens (tertiary/aromatic N) is 2. The van der Waals surface area contributed by atoms with Gasteiger partial charge in [-0.05, 0) is 76.5 Å². The number of hydrogen-bond acceptors (Lipinski definition) is 3. The minimum absolute atomic E-state index is 0.452. The summed E-state index contributed by atoms with van der Waals surface area (Å²) < 4.78 is 0. The monoisotopic (exact) mass is 305 g/mol. The number of likely N-dealkylation sites (tertiary alicyclic amines) is 2. The number of rotatable bonds is 4. The second-order valence-corrected chi connectivity index (χ2v) is 8.33. The molecule has 4 fully saturated rings. The first-order valence-electron chi connectivity index (χ1n) is 9.36. The summed E-state index contributed by atoms with van der Waals surface area (Å²) in [5.74, 6) is 2.55. The van der Waals surface area contributed by atoms with Crippen LogP contribution < -0.4 is 5.32 Å². The van der Waals surface area contributed by atoms with Crippen molar-refractivity contribution in [3.8, 4) is 0 Å². The summed E-state index contributed by atoms with van der Waals surface area (Å²) in [6.45, 7) is 5.98. The van der Waals surface area contributed by atoms with E-state index in [2.05, 4.69) is 29.1 Å². The van der Waals surface area contributed by atoms with Crippen LogP contribution in [0.25, 0.3) is 0 Å². The molecule has 2 aliphatic heterocycles. The van der Waals surface area contributed by atoms with Gasteiger partial charge in [-0.15, -0.1) is 0 Å². The Hall–Kier alpha value is -0.610. The molecule has 124 valence electrons. The van der Waals surface area contributed by atoms with Crippen molar-refractivity contribution >= 4 is 5.91 Å². The van der Waals surface area contributed by atoms with Crippen molar-refractivity contribution in [2.75, 3.05) is 26.7 Å². The van der Waals surface area contributed by atoms with Crippen LogP contribution in [0, 0.1) is 17.8 Å². The molecule has 4 atom stereocenters. The third-order valence-corrected chi connectivity index (χ3v) is 6.75. The van der Waals surface area contributed by atoms with Crippen molar-refractivity contribution in [3.63, 3.8) is 0 Å². The lowest BCUT2D eigenvalue weighted by Crippen LogP contribution is -2.43. The Balaban J connectivity index is 1.35. The molecule has 1 amide bonds. The number of carbonyl (C=O) groups is 1. The zero-order valence-corrected chi connectivity index (χ0v) is 14.1. The van der Waals surface area contributed by atoms with Gasteiger partial charge in [-0.2, -0.15) is 0 Å². The molecule has 2 heterocycles. The normalized spacial score (nSPS) is 40.5. The third kappa shape index (κ3) is 2.69. The van der Waals surface area contributed by atoms with E-state index in [-0.39, 0.29) is 0 Å². The minimum atomic E-state index is 0.452. The van der Waals surface area contributed by atoms with Crippen LogP contribution >= 0.6 is 0 Å². The Labute approximate surface area is 134 Å². The largest absolute Gasteiger partial charge is 0.336 e. The summed E-state index contributed by atoms with van der Waals surface area (Å²) in [5, 5.41) is 3.85. The van der Waals surface area contributed by atoms with Crippen LogP contribution in [0.3, 0.4) is 0 Å². The van der Waals surface area contributed by atoms with E-state index in [1.54, 1.807) is 0 Å². The van der Waals surface area contributed by atoms with Crippen molar-refractivity contribution in [1.29, 1.82) is 0 Å². The molecule has 2 aliphatic carbocycles. The Morgan fingerprint density at radius 3 is 2.59 bits per heavy atom. The fourth-order valence-electron chi connectivity index (χ4n) is 5.23. The van der Waals surface area contributed by atoms with E-state index in [0.29, 0.717) is 35.9 Å². The number of amides is 1. The summed E-state index contributed by atoms with van der Waals surface area (Å²) >= 11 is 0. The second-order valence-electron chi connectivity index (χ2n) is 8.33. The van der Waals surface area contributed by atoms with Gasteiger partial charge in [0.15, 0.2) is 0 Å². The fourth-order valence-corrected chi connectivity index (χ4v) is 5.23. The molecule has 0 aromatic rings. The first kappa shape index (κ1) is 14.9. The van der Waals surface area contributed by atoms with Gasteiger partial charge in [0, 0.05) is 24.5 Å².